The highest BCUT2D eigenvalue weighted by molar-refractivity contribution is 5.50. The van der Waals surface area contributed by atoms with Crippen molar-refractivity contribution in [1.29, 1.82) is 0 Å². The molecule has 0 amide bonds. The molecule has 2 aromatic rings. The van der Waals surface area contributed by atoms with E-state index in [0.29, 0.717) is 12.8 Å². The third-order valence-corrected chi connectivity index (χ3v) is 3.75. The fourth-order valence-corrected chi connectivity index (χ4v) is 2.54. The van der Waals surface area contributed by atoms with Gasteiger partial charge in [-0.25, -0.2) is 0 Å². The van der Waals surface area contributed by atoms with Crippen molar-refractivity contribution in [2.24, 2.45) is 0 Å². The van der Waals surface area contributed by atoms with Crippen molar-refractivity contribution in [1.82, 2.24) is 0 Å². The molecule has 112 valence electrons. The Hall–Kier alpha value is -2.60. The van der Waals surface area contributed by atoms with Crippen molar-refractivity contribution >= 4 is 5.69 Å². The molecule has 1 unspecified atom stereocenters. The van der Waals surface area contributed by atoms with Gasteiger partial charge in [-0.3, -0.25) is 0 Å². The molecule has 0 fully saturated rings. The number of hydrogen-bond acceptors (Lipinski definition) is 3. The molecule has 0 radical (unpaired) electrons. The highest BCUT2D eigenvalue weighted by Gasteiger charge is 2.13. The maximum absolute atomic E-state index is 5.43. The number of benzene rings is 2. The van der Waals surface area contributed by atoms with Gasteiger partial charge in [0.05, 0.1) is 0 Å². The molecular formula is C19H19NO2. The van der Waals surface area contributed by atoms with Crippen LogP contribution in [0.5, 0.6) is 11.5 Å². The van der Waals surface area contributed by atoms with E-state index in [1.807, 2.05) is 30.3 Å². The van der Waals surface area contributed by atoms with Gasteiger partial charge < -0.3 is 14.8 Å². The van der Waals surface area contributed by atoms with E-state index in [-0.39, 0.29) is 0 Å². The van der Waals surface area contributed by atoms with Gasteiger partial charge in [-0.15, -0.1) is 6.42 Å². The van der Waals surface area contributed by atoms with Gasteiger partial charge in [0.2, 0.25) is 6.79 Å². The Bertz CT molecular complexity index is 703. The van der Waals surface area contributed by atoms with E-state index >= 15 is 0 Å². The number of hydrogen-bond donors (Lipinski definition) is 1. The lowest BCUT2D eigenvalue weighted by atomic mass is 10.1. The second-order valence-corrected chi connectivity index (χ2v) is 5.50. The summed E-state index contributed by atoms with van der Waals surface area (Å²) in [5.41, 5.74) is 3.22. The Kier molecular flexibility index (Phi) is 4.20. The Morgan fingerprint density at radius 1 is 1.18 bits per heavy atom. The first-order valence-electron chi connectivity index (χ1n) is 7.46. The molecule has 1 heterocycles. The van der Waals surface area contributed by atoms with Crippen LogP contribution in [0, 0.1) is 12.3 Å². The van der Waals surface area contributed by atoms with Crippen LogP contribution in [0.25, 0.3) is 0 Å². The molecule has 0 saturated heterocycles. The van der Waals surface area contributed by atoms with E-state index in [0.717, 1.165) is 35.6 Å². The van der Waals surface area contributed by atoms with Crippen LogP contribution in [0.3, 0.4) is 0 Å². The number of fused-ring (bicyclic) bond motifs is 1. The van der Waals surface area contributed by atoms with Crippen molar-refractivity contribution in [3.05, 3.63) is 53.6 Å². The van der Waals surface area contributed by atoms with Crippen molar-refractivity contribution < 1.29 is 9.47 Å². The van der Waals surface area contributed by atoms with Crippen molar-refractivity contribution in [3.8, 4) is 23.8 Å². The molecule has 3 nitrogen and oxygen atoms in total. The lowest BCUT2D eigenvalue weighted by Gasteiger charge is -2.15. The molecule has 0 saturated carbocycles. The summed E-state index contributed by atoms with van der Waals surface area (Å²) in [6.45, 7) is 2.50. The van der Waals surface area contributed by atoms with Crippen LogP contribution in [0.2, 0.25) is 0 Å². The predicted octanol–water partition coefficient (Wildman–Crippen LogP) is 3.83. The lowest BCUT2D eigenvalue weighted by Crippen LogP contribution is -2.16. The molecule has 0 aliphatic carbocycles. The minimum absolute atomic E-state index is 0.322. The fourth-order valence-electron chi connectivity index (χ4n) is 2.54. The van der Waals surface area contributed by atoms with Gasteiger partial charge in [-0.2, -0.15) is 0 Å². The van der Waals surface area contributed by atoms with Crippen molar-refractivity contribution in [3.63, 3.8) is 0 Å². The van der Waals surface area contributed by atoms with Crippen LogP contribution in [-0.4, -0.2) is 12.8 Å². The molecule has 0 aromatic heterocycles. The zero-order valence-corrected chi connectivity index (χ0v) is 12.6. The SMILES string of the molecule is C#Cc1cccc(NC(C)CCc2ccc3c(c2)OCO3)c1. The minimum Gasteiger partial charge on any atom is -0.454 e. The molecular weight excluding hydrogens is 274 g/mol. The number of terminal acetylenes is 1. The summed E-state index contributed by atoms with van der Waals surface area (Å²) in [5, 5.41) is 3.49. The average Bonchev–Trinajstić information content (AvgIpc) is 3.00. The van der Waals surface area contributed by atoms with Crippen LogP contribution in [0.15, 0.2) is 42.5 Å². The maximum Gasteiger partial charge on any atom is 0.231 e. The lowest BCUT2D eigenvalue weighted by molar-refractivity contribution is 0.174. The first-order valence-corrected chi connectivity index (χ1v) is 7.46. The van der Waals surface area contributed by atoms with Gasteiger partial charge in [0.25, 0.3) is 0 Å². The number of anilines is 1. The third kappa shape index (κ3) is 3.35. The molecule has 22 heavy (non-hydrogen) atoms. The summed E-state index contributed by atoms with van der Waals surface area (Å²) in [7, 11) is 0. The van der Waals surface area contributed by atoms with Gasteiger partial charge >= 0.3 is 0 Å². The van der Waals surface area contributed by atoms with Crippen molar-refractivity contribution in [2.75, 3.05) is 12.1 Å². The number of nitrogens with one attached hydrogen (secondary N) is 1. The highest BCUT2D eigenvalue weighted by atomic mass is 16.7. The van der Waals surface area contributed by atoms with Crippen LogP contribution < -0.4 is 14.8 Å². The number of ether oxygens (including phenoxy) is 2. The average molecular weight is 293 g/mol. The second-order valence-electron chi connectivity index (χ2n) is 5.50. The van der Waals surface area contributed by atoms with Gasteiger partial charge in [-0.1, -0.05) is 18.1 Å². The van der Waals surface area contributed by atoms with Crippen LogP contribution >= 0.6 is 0 Å². The Labute approximate surface area is 131 Å². The Morgan fingerprint density at radius 2 is 2.05 bits per heavy atom. The van der Waals surface area contributed by atoms with E-state index in [1.54, 1.807) is 0 Å². The molecule has 0 spiro atoms. The minimum atomic E-state index is 0.322. The smallest absolute Gasteiger partial charge is 0.231 e. The highest BCUT2D eigenvalue weighted by Crippen LogP contribution is 2.32. The van der Waals surface area contributed by atoms with E-state index < -0.39 is 0 Å². The molecule has 0 bridgehead atoms. The molecule has 1 atom stereocenters. The molecule has 3 rings (SSSR count). The second kappa shape index (κ2) is 6.44. The summed E-state index contributed by atoms with van der Waals surface area (Å²) in [6.07, 6.45) is 7.44. The van der Waals surface area contributed by atoms with Gasteiger partial charge in [0, 0.05) is 17.3 Å². The quantitative estimate of drug-likeness (QED) is 0.850. The summed E-state index contributed by atoms with van der Waals surface area (Å²) < 4.78 is 10.7. The zero-order valence-electron chi connectivity index (χ0n) is 12.6. The number of rotatable bonds is 5. The third-order valence-electron chi connectivity index (χ3n) is 3.75. The largest absolute Gasteiger partial charge is 0.454 e. The van der Waals surface area contributed by atoms with Crippen LogP contribution in [-0.2, 0) is 6.42 Å². The Balaban J connectivity index is 1.56. The molecule has 1 aliphatic rings. The molecule has 3 heteroatoms. The summed E-state index contributed by atoms with van der Waals surface area (Å²) in [6, 6.07) is 14.4. The summed E-state index contributed by atoms with van der Waals surface area (Å²) in [4.78, 5) is 0. The topological polar surface area (TPSA) is 30.5 Å². The van der Waals surface area contributed by atoms with Gasteiger partial charge in [0.1, 0.15) is 0 Å². The maximum atomic E-state index is 5.43. The monoisotopic (exact) mass is 293 g/mol. The first kappa shape index (κ1) is 14.3. The van der Waals surface area contributed by atoms with Crippen LogP contribution in [0.4, 0.5) is 5.69 Å². The zero-order chi connectivity index (χ0) is 15.4. The molecule has 1 N–H and O–H groups in total. The predicted molar refractivity (Wildman–Crippen MR) is 88.3 cm³/mol. The molecule has 2 aromatic carbocycles. The summed E-state index contributed by atoms with van der Waals surface area (Å²) in [5.74, 6) is 4.34. The normalized spacial score (nSPS) is 13.5. The van der Waals surface area contributed by atoms with E-state index in [2.05, 4.69) is 30.3 Å². The Morgan fingerprint density at radius 3 is 2.91 bits per heavy atom. The van der Waals surface area contributed by atoms with E-state index in [4.69, 9.17) is 15.9 Å². The first-order chi connectivity index (χ1) is 10.7. The van der Waals surface area contributed by atoms with Crippen LogP contribution in [0.1, 0.15) is 24.5 Å². The molecule has 1 aliphatic heterocycles. The van der Waals surface area contributed by atoms with E-state index in [1.165, 1.54) is 5.56 Å². The fraction of sp³-hybridized carbons (Fsp3) is 0.263. The summed E-state index contributed by atoms with van der Waals surface area (Å²) >= 11 is 0. The van der Waals surface area contributed by atoms with Crippen molar-refractivity contribution in [2.45, 2.75) is 25.8 Å². The van der Waals surface area contributed by atoms with E-state index in [9.17, 15) is 0 Å². The standard InChI is InChI=1S/C19H19NO2/c1-3-15-5-4-6-17(11-15)20-14(2)7-8-16-9-10-18-19(12-16)22-13-21-18/h1,4-6,9-12,14,20H,7-8,13H2,2H3. The van der Waals surface area contributed by atoms with Gasteiger partial charge in [-0.05, 0) is 55.7 Å². The number of aryl methyl sites for hydroxylation is 1. The van der Waals surface area contributed by atoms with Gasteiger partial charge in [0.15, 0.2) is 11.5 Å².